The van der Waals surface area contributed by atoms with Crippen LogP contribution in [0.3, 0.4) is 0 Å². The monoisotopic (exact) mass is 534 g/mol. The molecule has 0 aromatic heterocycles. The molecule has 2 aliphatic heterocycles. The minimum Gasteiger partial charge on any atom is -0.504 e. The third-order valence-electron chi connectivity index (χ3n) is 10.9. The Morgan fingerprint density at radius 2 is 1.92 bits per heavy atom. The van der Waals surface area contributed by atoms with Gasteiger partial charge in [0.15, 0.2) is 11.5 Å². The van der Waals surface area contributed by atoms with Gasteiger partial charge in [0, 0.05) is 41.7 Å². The van der Waals surface area contributed by atoms with Crippen LogP contribution in [0.15, 0.2) is 42.0 Å². The molecule has 2 spiro atoms. The Bertz CT molecular complexity index is 1450. The van der Waals surface area contributed by atoms with Gasteiger partial charge in [-0.3, -0.25) is 9.69 Å². The van der Waals surface area contributed by atoms with Crippen LogP contribution in [0, 0.1) is 23.0 Å². The van der Waals surface area contributed by atoms with Gasteiger partial charge < -0.3 is 19.8 Å². The highest BCUT2D eigenvalue weighted by Gasteiger charge is 2.78. The molecule has 2 aromatic carbocycles. The van der Waals surface area contributed by atoms with Crippen LogP contribution in [0.5, 0.6) is 11.5 Å². The highest BCUT2D eigenvalue weighted by atomic mass is 19.1. The van der Waals surface area contributed by atoms with E-state index in [1.165, 1.54) is 43.0 Å². The number of likely N-dealkylation sites (N-methyl/N-ethyl adjacent to an activating group) is 1. The summed E-state index contributed by atoms with van der Waals surface area (Å²) in [5.41, 5.74) is -0.320. The molecule has 8 heteroatoms. The number of ether oxygens (including phenoxy) is 1. The maximum absolute atomic E-state index is 14.4. The molecule has 6 nitrogen and oxygen atoms in total. The van der Waals surface area contributed by atoms with Crippen LogP contribution < -0.4 is 4.74 Å². The van der Waals surface area contributed by atoms with Gasteiger partial charge in [-0.25, -0.2) is 8.78 Å². The summed E-state index contributed by atoms with van der Waals surface area (Å²) in [6.07, 6.45) is 6.45. The summed E-state index contributed by atoms with van der Waals surface area (Å²) in [7, 11) is 1.52. The molecule has 2 heterocycles. The molecule has 2 aromatic rings. The zero-order valence-corrected chi connectivity index (χ0v) is 21.9. The van der Waals surface area contributed by atoms with Crippen molar-refractivity contribution in [1.29, 1.82) is 0 Å². The topological polar surface area (TPSA) is 73.2 Å². The van der Waals surface area contributed by atoms with Crippen molar-refractivity contribution in [3.05, 3.63) is 70.3 Å². The summed E-state index contributed by atoms with van der Waals surface area (Å²) in [6.45, 7) is 1.66. The molecule has 7 aliphatic rings. The third-order valence-corrected chi connectivity index (χ3v) is 10.9. The number of rotatable bonds is 5. The van der Waals surface area contributed by atoms with Gasteiger partial charge >= 0.3 is 0 Å². The zero-order valence-electron chi connectivity index (χ0n) is 21.9. The van der Waals surface area contributed by atoms with E-state index in [1.54, 1.807) is 6.07 Å². The van der Waals surface area contributed by atoms with Crippen molar-refractivity contribution in [2.45, 2.75) is 68.2 Å². The molecule has 0 unspecified atom stereocenters. The fourth-order valence-electron chi connectivity index (χ4n) is 9.00. The number of phenols is 1. The smallest absolute Gasteiger partial charge is 0.252 e. The number of hydrogen-bond acceptors (Lipinski definition) is 5. The van der Waals surface area contributed by atoms with E-state index in [9.17, 15) is 23.8 Å². The molecule has 5 atom stereocenters. The van der Waals surface area contributed by atoms with Gasteiger partial charge in [-0.1, -0.05) is 18.2 Å². The quantitative estimate of drug-likeness (QED) is 0.611. The van der Waals surface area contributed by atoms with E-state index in [0.29, 0.717) is 24.5 Å². The number of likely N-dealkylation sites (tertiary alicyclic amines) is 1. The minimum atomic E-state index is -1.58. The van der Waals surface area contributed by atoms with Gasteiger partial charge in [0.2, 0.25) is 0 Å². The van der Waals surface area contributed by atoms with Crippen LogP contribution in [0.1, 0.15) is 48.8 Å². The Labute approximate surface area is 225 Å². The highest BCUT2D eigenvalue weighted by molar-refractivity contribution is 5.97. The van der Waals surface area contributed by atoms with Crippen molar-refractivity contribution in [1.82, 2.24) is 9.80 Å². The second-order valence-corrected chi connectivity index (χ2v) is 12.7. The van der Waals surface area contributed by atoms with Crippen LogP contribution in [-0.2, 0) is 23.2 Å². The average molecular weight is 535 g/mol. The van der Waals surface area contributed by atoms with Gasteiger partial charge in [-0.05, 0) is 74.8 Å². The first kappa shape index (κ1) is 23.9. The Kier molecular flexibility index (Phi) is 4.66. The predicted octanol–water partition coefficient (Wildman–Crippen LogP) is 3.82. The van der Waals surface area contributed by atoms with E-state index >= 15 is 0 Å². The third kappa shape index (κ3) is 2.84. The van der Waals surface area contributed by atoms with Crippen LogP contribution >= 0.6 is 0 Å². The van der Waals surface area contributed by atoms with E-state index in [0.717, 1.165) is 37.1 Å². The van der Waals surface area contributed by atoms with Crippen molar-refractivity contribution in [3.8, 4) is 11.5 Å². The number of phenolic OH excluding ortho intramolecular Hbond substituents is 1. The maximum Gasteiger partial charge on any atom is 0.252 e. The Morgan fingerprint density at radius 3 is 2.67 bits per heavy atom. The Hall–Kier alpha value is -2.97. The first-order valence-corrected chi connectivity index (χ1v) is 14.1. The summed E-state index contributed by atoms with van der Waals surface area (Å²) in [6, 6.07) is 7.49. The van der Waals surface area contributed by atoms with E-state index in [1.807, 2.05) is 12.1 Å². The Balaban J connectivity index is 1.27. The number of aliphatic hydroxyl groups is 1. The number of halogens is 2. The summed E-state index contributed by atoms with van der Waals surface area (Å²) >= 11 is 0. The summed E-state index contributed by atoms with van der Waals surface area (Å²) in [5, 5.41) is 23.2. The lowest BCUT2D eigenvalue weighted by molar-refractivity contribution is -0.188. The number of benzene rings is 2. The van der Waals surface area contributed by atoms with Crippen molar-refractivity contribution >= 4 is 5.91 Å². The number of fused-ring (bicyclic) bond motifs is 1. The van der Waals surface area contributed by atoms with Crippen LogP contribution in [0.2, 0.25) is 0 Å². The predicted molar refractivity (Wildman–Crippen MR) is 138 cm³/mol. The van der Waals surface area contributed by atoms with Gasteiger partial charge in [0.05, 0.1) is 12.0 Å². The number of carbonyl (C=O) groups is 1. The normalized spacial score (nSPS) is 35.3. The standard InChI is InChI=1S/C31H32F2N2O4/c1-34(16-19-21(32)3-2-4-22(19)33)27(37)20-14-29-9-10-31(20,38)28-30(29)11-12-35(15-17-5-6-17)24(29)13-18-7-8-23(36)26(39-28)25(18)30/h2-4,7-8,14,17,24,28,36,38H,5-6,9-13,15-16H2,1H3/t24-,28-,29-,30+,31-/m1/s1. The van der Waals surface area contributed by atoms with E-state index < -0.39 is 40.1 Å². The highest BCUT2D eigenvalue weighted by Crippen LogP contribution is 2.74. The molecular formula is C31H32F2N2O4. The molecule has 5 aliphatic carbocycles. The van der Waals surface area contributed by atoms with Crippen molar-refractivity contribution in [2.75, 3.05) is 20.1 Å². The molecule has 2 N–H and O–H groups in total. The van der Waals surface area contributed by atoms with Crippen LogP contribution in [0.25, 0.3) is 0 Å². The molecule has 204 valence electrons. The average Bonchev–Trinajstić information content (AvgIpc) is 3.65. The number of carbonyl (C=O) groups excluding carboxylic acids is 1. The molecular weight excluding hydrogens is 502 g/mol. The number of nitrogens with zero attached hydrogens (tertiary/aromatic N) is 2. The molecule has 2 saturated carbocycles. The van der Waals surface area contributed by atoms with E-state index in [2.05, 4.69) is 4.90 Å². The minimum absolute atomic E-state index is 0.0644. The number of piperidine rings is 1. The second-order valence-electron chi connectivity index (χ2n) is 12.7. The molecule has 4 bridgehead atoms. The van der Waals surface area contributed by atoms with Gasteiger partial charge in [-0.15, -0.1) is 0 Å². The molecule has 39 heavy (non-hydrogen) atoms. The first-order valence-electron chi connectivity index (χ1n) is 14.1. The fourth-order valence-corrected chi connectivity index (χ4v) is 9.00. The lowest BCUT2D eigenvalue weighted by Crippen LogP contribution is -2.78. The zero-order chi connectivity index (χ0) is 26.9. The van der Waals surface area contributed by atoms with Gasteiger partial charge in [0.1, 0.15) is 23.3 Å². The van der Waals surface area contributed by atoms with Crippen LogP contribution in [-0.4, -0.2) is 63.8 Å². The first-order chi connectivity index (χ1) is 18.7. The summed E-state index contributed by atoms with van der Waals surface area (Å²) in [5.74, 6) is -0.649. The lowest BCUT2D eigenvalue weighted by Gasteiger charge is -2.70. The van der Waals surface area contributed by atoms with Gasteiger partial charge in [-0.2, -0.15) is 0 Å². The van der Waals surface area contributed by atoms with E-state index in [4.69, 9.17) is 4.74 Å². The maximum atomic E-state index is 14.4. The van der Waals surface area contributed by atoms with Crippen molar-refractivity contribution in [3.63, 3.8) is 0 Å². The number of hydrogen-bond donors (Lipinski definition) is 2. The second kappa shape index (κ2) is 7.61. The van der Waals surface area contributed by atoms with Crippen molar-refractivity contribution < 1.29 is 28.5 Å². The van der Waals surface area contributed by atoms with Gasteiger partial charge in [0.25, 0.3) is 5.91 Å². The Morgan fingerprint density at radius 1 is 1.15 bits per heavy atom. The summed E-state index contributed by atoms with van der Waals surface area (Å²) in [4.78, 5) is 17.9. The number of amides is 1. The molecule has 0 radical (unpaired) electrons. The fraction of sp³-hybridized carbons (Fsp3) is 0.516. The molecule has 1 amide bonds. The van der Waals surface area contributed by atoms with E-state index in [-0.39, 0.29) is 29.5 Å². The largest absolute Gasteiger partial charge is 0.504 e. The van der Waals surface area contributed by atoms with Crippen LogP contribution in [0.4, 0.5) is 8.78 Å². The number of aromatic hydroxyl groups is 1. The molecule has 1 saturated heterocycles. The molecule has 9 rings (SSSR count). The van der Waals surface area contributed by atoms with Crippen molar-refractivity contribution in [2.24, 2.45) is 11.3 Å². The SMILES string of the molecule is CN(Cc1c(F)cccc1F)C(=O)C1=C[C@@]23CC[C@]1(O)[C@@H]1Oc4c(O)ccc5c4[C@@]12CCN(CC1CC1)[C@@H]3C5. The summed E-state index contributed by atoms with van der Waals surface area (Å²) < 4.78 is 35.4. The molecule has 3 fully saturated rings. The lowest BCUT2D eigenvalue weighted by atomic mass is 9.38.